The number of ether oxygens (including phenoxy) is 1. The summed E-state index contributed by atoms with van der Waals surface area (Å²) in [5.74, 6) is 1.34. The minimum atomic E-state index is -0.00220. The van der Waals surface area contributed by atoms with Crippen molar-refractivity contribution in [2.24, 2.45) is 0 Å². The Bertz CT molecular complexity index is 790. The number of aliphatic hydroxyl groups is 1. The van der Waals surface area contributed by atoms with Gasteiger partial charge in [0.2, 0.25) is 5.89 Å². The number of aromatic nitrogens is 1. The van der Waals surface area contributed by atoms with Crippen LogP contribution in [-0.2, 0) is 6.61 Å². The van der Waals surface area contributed by atoms with Gasteiger partial charge in [-0.15, -0.1) is 0 Å². The van der Waals surface area contributed by atoms with Crippen molar-refractivity contribution in [2.45, 2.75) is 6.61 Å². The molecule has 3 aromatic rings. The second kappa shape index (κ2) is 5.81. The van der Waals surface area contributed by atoms with Gasteiger partial charge in [-0.05, 0) is 41.5 Å². The molecular formula is C17H15NO3. The van der Waals surface area contributed by atoms with Crippen LogP contribution in [0.5, 0.6) is 5.75 Å². The molecule has 0 fully saturated rings. The number of fused-ring (bicyclic) bond motifs is 1. The molecule has 0 unspecified atom stereocenters. The highest BCUT2D eigenvalue weighted by molar-refractivity contribution is 5.76. The molecule has 0 atom stereocenters. The highest BCUT2D eigenvalue weighted by atomic mass is 16.5. The summed E-state index contributed by atoms with van der Waals surface area (Å²) in [5.41, 5.74) is 3.27. The van der Waals surface area contributed by atoms with Crippen LogP contribution in [0.1, 0.15) is 17.0 Å². The number of benzene rings is 2. The van der Waals surface area contributed by atoms with Crippen LogP contribution < -0.4 is 4.74 Å². The highest BCUT2D eigenvalue weighted by Crippen LogP contribution is 2.20. The third-order valence-corrected chi connectivity index (χ3v) is 3.16. The lowest BCUT2D eigenvalue weighted by atomic mass is 10.2. The summed E-state index contributed by atoms with van der Waals surface area (Å²) in [5, 5.41) is 9.12. The first kappa shape index (κ1) is 13.4. The minimum absolute atomic E-state index is 0.00220. The van der Waals surface area contributed by atoms with Gasteiger partial charge in [0.15, 0.2) is 5.58 Å². The molecule has 106 valence electrons. The monoisotopic (exact) mass is 281 g/mol. The highest BCUT2D eigenvalue weighted by Gasteiger charge is 2.04. The fourth-order valence-corrected chi connectivity index (χ4v) is 2.07. The average molecular weight is 281 g/mol. The summed E-state index contributed by atoms with van der Waals surface area (Å²) in [6.07, 6.45) is 3.73. The number of rotatable bonds is 4. The van der Waals surface area contributed by atoms with Gasteiger partial charge in [0.25, 0.3) is 0 Å². The molecule has 1 heterocycles. The van der Waals surface area contributed by atoms with Crippen LogP contribution in [-0.4, -0.2) is 17.2 Å². The van der Waals surface area contributed by atoms with Crippen LogP contribution in [0.4, 0.5) is 0 Å². The molecule has 3 rings (SSSR count). The fraction of sp³-hybridized carbons (Fsp3) is 0.118. The maximum absolute atomic E-state index is 9.12. The van der Waals surface area contributed by atoms with Crippen molar-refractivity contribution in [1.82, 2.24) is 4.98 Å². The SMILES string of the molecule is COc1cccc(/C=C\c2nc3cc(CO)ccc3o2)c1. The van der Waals surface area contributed by atoms with Gasteiger partial charge < -0.3 is 14.3 Å². The van der Waals surface area contributed by atoms with Gasteiger partial charge in [0.1, 0.15) is 11.3 Å². The van der Waals surface area contributed by atoms with Gasteiger partial charge in [-0.25, -0.2) is 4.98 Å². The molecule has 21 heavy (non-hydrogen) atoms. The van der Waals surface area contributed by atoms with Gasteiger partial charge in [-0.2, -0.15) is 0 Å². The van der Waals surface area contributed by atoms with Crippen molar-refractivity contribution >= 4 is 23.3 Å². The third kappa shape index (κ3) is 2.95. The summed E-state index contributed by atoms with van der Waals surface area (Å²) >= 11 is 0. The Balaban J connectivity index is 1.88. The summed E-state index contributed by atoms with van der Waals surface area (Å²) in [4.78, 5) is 4.38. The maximum atomic E-state index is 9.12. The number of hydrogen-bond donors (Lipinski definition) is 1. The van der Waals surface area contributed by atoms with E-state index in [0.29, 0.717) is 11.5 Å². The first-order chi connectivity index (χ1) is 10.3. The smallest absolute Gasteiger partial charge is 0.220 e. The van der Waals surface area contributed by atoms with E-state index < -0.39 is 0 Å². The fourth-order valence-electron chi connectivity index (χ4n) is 2.07. The predicted molar refractivity (Wildman–Crippen MR) is 81.9 cm³/mol. The largest absolute Gasteiger partial charge is 0.497 e. The van der Waals surface area contributed by atoms with Gasteiger partial charge in [0.05, 0.1) is 13.7 Å². The van der Waals surface area contributed by atoms with Gasteiger partial charge in [0, 0.05) is 6.08 Å². The lowest BCUT2D eigenvalue weighted by Gasteiger charge is -1.99. The van der Waals surface area contributed by atoms with E-state index in [0.717, 1.165) is 22.4 Å². The molecule has 0 saturated carbocycles. The van der Waals surface area contributed by atoms with E-state index in [9.17, 15) is 0 Å². The van der Waals surface area contributed by atoms with E-state index >= 15 is 0 Å². The van der Waals surface area contributed by atoms with Crippen molar-refractivity contribution in [1.29, 1.82) is 0 Å². The lowest BCUT2D eigenvalue weighted by molar-refractivity contribution is 0.282. The Morgan fingerprint density at radius 3 is 2.90 bits per heavy atom. The van der Waals surface area contributed by atoms with Gasteiger partial charge in [-0.1, -0.05) is 18.2 Å². The van der Waals surface area contributed by atoms with Crippen molar-refractivity contribution in [3.8, 4) is 5.75 Å². The number of oxazole rings is 1. The number of nitrogens with zero attached hydrogens (tertiary/aromatic N) is 1. The molecule has 0 amide bonds. The topological polar surface area (TPSA) is 55.5 Å². The first-order valence-corrected chi connectivity index (χ1v) is 6.61. The van der Waals surface area contributed by atoms with Gasteiger partial charge in [-0.3, -0.25) is 0 Å². The van der Waals surface area contributed by atoms with E-state index in [1.54, 1.807) is 7.11 Å². The van der Waals surface area contributed by atoms with Crippen LogP contribution in [0.15, 0.2) is 46.9 Å². The predicted octanol–water partition coefficient (Wildman–Crippen LogP) is 3.50. The second-order valence-electron chi connectivity index (χ2n) is 4.62. The Labute approximate surface area is 122 Å². The zero-order chi connectivity index (χ0) is 14.7. The van der Waals surface area contributed by atoms with E-state index in [2.05, 4.69) is 4.98 Å². The molecule has 0 radical (unpaired) electrons. The Morgan fingerprint density at radius 2 is 2.10 bits per heavy atom. The number of hydrogen-bond acceptors (Lipinski definition) is 4. The normalized spacial score (nSPS) is 11.3. The maximum Gasteiger partial charge on any atom is 0.220 e. The van der Waals surface area contributed by atoms with Gasteiger partial charge >= 0.3 is 0 Å². The summed E-state index contributed by atoms with van der Waals surface area (Å²) in [6.45, 7) is -0.00220. The summed E-state index contributed by atoms with van der Waals surface area (Å²) in [6, 6.07) is 13.2. The molecule has 0 aliphatic carbocycles. The van der Waals surface area contributed by atoms with E-state index in [1.807, 2.05) is 54.6 Å². The van der Waals surface area contributed by atoms with Crippen LogP contribution in [0.2, 0.25) is 0 Å². The van der Waals surface area contributed by atoms with Crippen LogP contribution in [0.25, 0.3) is 23.3 Å². The van der Waals surface area contributed by atoms with Crippen LogP contribution in [0.3, 0.4) is 0 Å². The first-order valence-electron chi connectivity index (χ1n) is 6.61. The minimum Gasteiger partial charge on any atom is -0.497 e. The van der Waals surface area contributed by atoms with Crippen molar-refractivity contribution in [2.75, 3.05) is 7.11 Å². The third-order valence-electron chi connectivity index (χ3n) is 3.16. The molecule has 1 N–H and O–H groups in total. The van der Waals surface area contributed by atoms with E-state index in [-0.39, 0.29) is 6.61 Å². The molecule has 4 heteroatoms. The number of aliphatic hydroxyl groups excluding tert-OH is 1. The van der Waals surface area contributed by atoms with E-state index in [4.69, 9.17) is 14.3 Å². The van der Waals surface area contributed by atoms with E-state index in [1.165, 1.54) is 0 Å². The van der Waals surface area contributed by atoms with Crippen molar-refractivity contribution < 1.29 is 14.3 Å². The zero-order valence-corrected chi connectivity index (χ0v) is 11.6. The standard InChI is InChI=1S/C17H15NO3/c1-20-14-4-2-3-12(9-14)6-8-17-18-15-10-13(11-19)5-7-16(15)21-17/h2-10,19H,11H2,1H3/b8-6-. The van der Waals surface area contributed by atoms with Crippen molar-refractivity contribution in [3.05, 3.63) is 59.5 Å². The van der Waals surface area contributed by atoms with Crippen molar-refractivity contribution in [3.63, 3.8) is 0 Å². The Morgan fingerprint density at radius 1 is 1.19 bits per heavy atom. The molecule has 2 aromatic carbocycles. The molecule has 4 nitrogen and oxygen atoms in total. The Hall–Kier alpha value is -2.59. The number of methoxy groups -OCH3 is 1. The molecule has 0 spiro atoms. The average Bonchev–Trinajstić information content (AvgIpc) is 2.95. The quantitative estimate of drug-likeness (QED) is 0.795. The van der Waals surface area contributed by atoms with Crippen LogP contribution in [0, 0.1) is 0 Å². The molecule has 1 aromatic heterocycles. The molecular weight excluding hydrogens is 266 g/mol. The van der Waals surface area contributed by atoms with Crippen LogP contribution >= 0.6 is 0 Å². The molecule has 0 bridgehead atoms. The Kier molecular flexibility index (Phi) is 3.71. The second-order valence-corrected chi connectivity index (χ2v) is 4.62. The summed E-state index contributed by atoms with van der Waals surface area (Å²) < 4.78 is 10.8. The lowest BCUT2D eigenvalue weighted by Crippen LogP contribution is -1.82. The zero-order valence-electron chi connectivity index (χ0n) is 11.6. The molecule has 0 aliphatic rings. The summed E-state index contributed by atoms with van der Waals surface area (Å²) in [7, 11) is 1.64. The molecule has 0 aliphatic heterocycles. The molecule has 0 saturated heterocycles.